The first kappa shape index (κ1) is 20.0. The number of carbonyl (C=O) groups excluding carboxylic acids is 1. The molecule has 162 valence electrons. The number of aromatic nitrogens is 2. The van der Waals surface area contributed by atoms with Crippen LogP contribution >= 0.6 is 0 Å². The molecule has 3 aromatic rings. The molecule has 7 heteroatoms. The van der Waals surface area contributed by atoms with Crippen molar-refractivity contribution in [2.24, 2.45) is 0 Å². The van der Waals surface area contributed by atoms with Gasteiger partial charge in [0, 0.05) is 32.2 Å². The highest BCUT2D eigenvalue weighted by atomic mass is 16.5. The molecule has 0 spiro atoms. The zero-order chi connectivity index (χ0) is 21.2. The first-order valence-corrected chi connectivity index (χ1v) is 11.1. The number of benzene rings is 2. The first-order chi connectivity index (χ1) is 15.2. The number of para-hydroxylation sites is 2. The molecule has 0 aliphatic carbocycles. The number of nitrogens with one attached hydrogen (secondary N) is 1. The second-order valence-corrected chi connectivity index (χ2v) is 8.34. The molecule has 2 saturated heterocycles. The van der Waals surface area contributed by atoms with Gasteiger partial charge in [0.05, 0.1) is 24.2 Å². The fourth-order valence-electron chi connectivity index (χ4n) is 4.94. The fourth-order valence-corrected chi connectivity index (χ4v) is 4.94. The highest BCUT2D eigenvalue weighted by molar-refractivity contribution is 5.83. The number of fused-ring (bicyclic) bond motifs is 1. The monoisotopic (exact) mass is 420 g/mol. The van der Waals surface area contributed by atoms with Crippen LogP contribution in [0, 0.1) is 0 Å². The minimum atomic E-state index is -0.292. The maximum Gasteiger partial charge on any atom is 0.326 e. The van der Waals surface area contributed by atoms with E-state index in [1.54, 1.807) is 0 Å². The number of amides is 1. The lowest BCUT2D eigenvalue weighted by Gasteiger charge is -2.40. The van der Waals surface area contributed by atoms with E-state index < -0.39 is 0 Å². The average Bonchev–Trinajstić information content (AvgIpc) is 3.16. The third-order valence-corrected chi connectivity index (χ3v) is 6.53. The Bertz CT molecular complexity index is 1090. The topological polar surface area (TPSA) is 70.6 Å². The smallest absolute Gasteiger partial charge is 0.326 e. The molecule has 1 unspecified atom stereocenters. The van der Waals surface area contributed by atoms with E-state index in [1.165, 1.54) is 0 Å². The summed E-state index contributed by atoms with van der Waals surface area (Å²) in [7, 11) is 0. The Morgan fingerprint density at radius 3 is 2.35 bits per heavy atom. The molecule has 2 aromatic carbocycles. The molecule has 3 heterocycles. The predicted octanol–water partition coefficient (Wildman–Crippen LogP) is 2.57. The minimum Gasteiger partial charge on any atom is -0.378 e. The van der Waals surface area contributed by atoms with Gasteiger partial charge in [-0.25, -0.2) is 4.79 Å². The van der Waals surface area contributed by atoms with Gasteiger partial charge >= 0.3 is 5.69 Å². The maximum absolute atomic E-state index is 13.5. The zero-order valence-electron chi connectivity index (χ0n) is 17.6. The van der Waals surface area contributed by atoms with Gasteiger partial charge in [0.25, 0.3) is 0 Å². The molecule has 5 rings (SSSR count). The van der Waals surface area contributed by atoms with E-state index in [2.05, 4.69) is 9.88 Å². The number of aromatic amines is 1. The molecule has 2 aliphatic heterocycles. The first-order valence-electron chi connectivity index (χ1n) is 11.1. The molecular weight excluding hydrogens is 392 g/mol. The number of rotatable bonds is 4. The zero-order valence-corrected chi connectivity index (χ0v) is 17.6. The quantitative estimate of drug-likeness (QED) is 0.704. The number of nitrogens with zero attached hydrogens (tertiary/aromatic N) is 3. The van der Waals surface area contributed by atoms with Crippen molar-refractivity contribution < 1.29 is 9.53 Å². The second-order valence-electron chi connectivity index (χ2n) is 8.34. The molecule has 1 atom stereocenters. The van der Waals surface area contributed by atoms with Gasteiger partial charge in [0.2, 0.25) is 5.91 Å². The van der Waals surface area contributed by atoms with Crippen LogP contribution in [0.5, 0.6) is 0 Å². The summed E-state index contributed by atoms with van der Waals surface area (Å²) in [5, 5.41) is 0. The number of hydrogen-bond acceptors (Lipinski definition) is 4. The van der Waals surface area contributed by atoms with Gasteiger partial charge in [0.1, 0.15) is 6.04 Å². The van der Waals surface area contributed by atoms with E-state index in [-0.39, 0.29) is 23.7 Å². The van der Waals surface area contributed by atoms with Crippen LogP contribution in [-0.4, -0.2) is 64.7 Å². The predicted molar refractivity (Wildman–Crippen MR) is 119 cm³/mol. The number of piperidine rings is 1. The van der Waals surface area contributed by atoms with Gasteiger partial charge < -0.3 is 14.6 Å². The Hall–Kier alpha value is -2.90. The van der Waals surface area contributed by atoms with Gasteiger partial charge in [-0.2, -0.15) is 0 Å². The van der Waals surface area contributed by atoms with Crippen LogP contribution in [0.3, 0.4) is 0 Å². The lowest BCUT2D eigenvalue weighted by Crippen LogP contribution is -2.49. The van der Waals surface area contributed by atoms with Crippen molar-refractivity contribution in [2.45, 2.75) is 24.9 Å². The van der Waals surface area contributed by atoms with Crippen LogP contribution < -0.4 is 5.69 Å². The summed E-state index contributed by atoms with van der Waals surface area (Å²) in [6.07, 6.45) is 1.67. The van der Waals surface area contributed by atoms with Crippen molar-refractivity contribution in [3.63, 3.8) is 0 Å². The summed E-state index contributed by atoms with van der Waals surface area (Å²) in [6.45, 7) is 4.02. The van der Waals surface area contributed by atoms with Crippen LogP contribution in [0.15, 0.2) is 59.4 Å². The molecule has 2 aliphatic rings. The maximum atomic E-state index is 13.5. The Morgan fingerprint density at radius 1 is 0.935 bits per heavy atom. The lowest BCUT2D eigenvalue weighted by atomic mass is 9.97. The third kappa shape index (κ3) is 3.91. The van der Waals surface area contributed by atoms with E-state index in [4.69, 9.17) is 4.74 Å². The Kier molecular flexibility index (Phi) is 5.61. The van der Waals surface area contributed by atoms with Crippen molar-refractivity contribution in [3.05, 3.63) is 70.6 Å². The number of hydrogen-bond donors (Lipinski definition) is 1. The van der Waals surface area contributed by atoms with Crippen molar-refractivity contribution >= 4 is 16.9 Å². The Labute approximate surface area is 181 Å². The number of carbonyl (C=O) groups is 1. The van der Waals surface area contributed by atoms with Crippen LogP contribution in [0.2, 0.25) is 0 Å². The molecule has 7 nitrogen and oxygen atoms in total. The van der Waals surface area contributed by atoms with Gasteiger partial charge in [-0.05, 0) is 30.5 Å². The fraction of sp³-hybridized carbons (Fsp3) is 0.417. The van der Waals surface area contributed by atoms with Gasteiger partial charge in [-0.3, -0.25) is 14.3 Å². The van der Waals surface area contributed by atoms with E-state index >= 15 is 0 Å². The van der Waals surface area contributed by atoms with Crippen molar-refractivity contribution in [3.8, 4) is 0 Å². The summed E-state index contributed by atoms with van der Waals surface area (Å²) in [5.74, 6) is 0.150. The average molecular weight is 421 g/mol. The second kappa shape index (κ2) is 8.69. The lowest BCUT2D eigenvalue weighted by molar-refractivity contribution is -0.142. The van der Waals surface area contributed by atoms with Crippen LogP contribution in [-0.2, 0) is 9.53 Å². The largest absolute Gasteiger partial charge is 0.378 e. The summed E-state index contributed by atoms with van der Waals surface area (Å²) >= 11 is 0. The van der Waals surface area contributed by atoms with Gasteiger partial charge in [-0.1, -0.05) is 42.5 Å². The molecule has 0 radical (unpaired) electrons. The van der Waals surface area contributed by atoms with Gasteiger partial charge in [0.15, 0.2) is 0 Å². The number of morpholine rings is 1. The van der Waals surface area contributed by atoms with Crippen molar-refractivity contribution in [2.75, 3.05) is 39.4 Å². The van der Waals surface area contributed by atoms with Crippen LogP contribution in [0.25, 0.3) is 11.0 Å². The standard InChI is InChI=1S/C24H28N4O3/c29-23(27-14-16-31-17-15-27)22(18-6-2-1-3-7-18)26-12-10-19(11-13-26)28-21-9-5-4-8-20(21)25-24(28)30/h1-9,19,22H,10-17H2,(H,25,30). The van der Waals surface area contributed by atoms with Crippen molar-refractivity contribution in [1.29, 1.82) is 0 Å². The Balaban J connectivity index is 1.37. The molecule has 0 bridgehead atoms. The van der Waals surface area contributed by atoms with E-state index in [9.17, 15) is 9.59 Å². The van der Waals surface area contributed by atoms with E-state index in [0.29, 0.717) is 26.3 Å². The van der Waals surface area contributed by atoms with Gasteiger partial charge in [-0.15, -0.1) is 0 Å². The van der Waals surface area contributed by atoms with Crippen LogP contribution in [0.1, 0.15) is 30.5 Å². The normalized spacial score (nSPS) is 19.5. The summed E-state index contributed by atoms with van der Waals surface area (Å²) in [4.78, 5) is 33.3. The molecule has 1 N–H and O–H groups in total. The number of ether oxygens (including phenoxy) is 1. The highest BCUT2D eigenvalue weighted by Crippen LogP contribution is 2.31. The number of imidazole rings is 1. The molecule has 31 heavy (non-hydrogen) atoms. The highest BCUT2D eigenvalue weighted by Gasteiger charge is 2.35. The minimum absolute atomic E-state index is 0.0522. The molecule has 1 aromatic heterocycles. The summed E-state index contributed by atoms with van der Waals surface area (Å²) < 4.78 is 7.34. The van der Waals surface area contributed by atoms with Crippen LogP contribution in [0.4, 0.5) is 0 Å². The molecule has 2 fully saturated rings. The molecular formula is C24H28N4O3. The van der Waals surface area contributed by atoms with E-state index in [1.807, 2.05) is 64.1 Å². The van der Waals surface area contributed by atoms with Crippen molar-refractivity contribution in [1.82, 2.24) is 19.4 Å². The molecule has 1 amide bonds. The number of H-pyrrole nitrogens is 1. The van der Waals surface area contributed by atoms with E-state index in [0.717, 1.165) is 42.5 Å². The summed E-state index contributed by atoms with van der Waals surface area (Å²) in [6, 6.07) is 17.7. The molecule has 0 saturated carbocycles. The Morgan fingerprint density at radius 2 is 1.61 bits per heavy atom. The summed E-state index contributed by atoms with van der Waals surface area (Å²) in [5.41, 5.74) is 2.81. The number of likely N-dealkylation sites (tertiary alicyclic amines) is 1. The third-order valence-electron chi connectivity index (χ3n) is 6.53. The SMILES string of the molecule is O=C(C(c1ccccc1)N1CCC(n2c(=O)[nH]c3ccccc32)CC1)N1CCOCC1.